The fraction of sp³-hybridized carbons (Fsp3) is 0.333. The molecule has 1 aromatic heterocycles. The molecule has 3 aromatic rings. The normalized spacial score (nSPS) is 11.9. The summed E-state index contributed by atoms with van der Waals surface area (Å²) < 4.78 is 20.0. The molecule has 0 aliphatic rings. The predicted molar refractivity (Wildman–Crippen MR) is 118 cm³/mol. The lowest BCUT2D eigenvalue weighted by Crippen LogP contribution is -2.38. The summed E-state index contributed by atoms with van der Waals surface area (Å²) in [6, 6.07) is 12.1. The molecule has 0 spiro atoms. The lowest BCUT2D eigenvalue weighted by atomic mass is 10.1. The number of aryl methyl sites for hydroxylation is 2. The highest BCUT2D eigenvalue weighted by Gasteiger charge is 2.24. The van der Waals surface area contributed by atoms with Crippen LogP contribution in [0, 0.1) is 19.7 Å². The molecular weight excluding hydrogens is 399 g/mol. The molecule has 0 radical (unpaired) electrons. The first-order valence-electron chi connectivity index (χ1n) is 10.1. The quantitative estimate of drug-likeness (QED) is 0.449. The van der Waals surface area contributed by atoms with E-state index in [4.69, 9.17) is 4.74 Å². The predicted octanol–water partition coefficient (Wildman–Crippen LogP) is 5.92. The van der Waals surface area contributed by atoms with Crippen LogP contribution in [0.3, 0.4) is 0 Å². The zero-order chi connectivity index (χ0) is 21.7. The number of nitrogens with zero attached hydrogens (tertiary/aromatic N) is 2. The zero-order valence-electron chi connectivity index (χ0n) is 17.8. The van der Waals surface area contributed by atoms with Gasteiger partial charge in [0.15, 0.2) is 0 Å². The van der Waals surface area contributed by atoms with Gasteiger partial charge in [0.25, 0.3) is 5.91 Å². The Morgan fingerprint density at radius 1 is 1.20 bits per heavy atom. The average Bonchev–Trinajstić information content (AvgIpc) is 3.20. The first-order chi connectivity index (χ1) is 14.4. The summed E-state index contributed by atoms with van der Waals surface area (Å²) >= 11 is 1.50. The van der Waals surface area contributed by atoms with E-state index < -0.39 is 5.82 Å². The molecule has 0 fully saturated rings. The maximum atomic E-state index is 14.1. The SMILES string of the molecule is CC[C@@H](C)N(Cc1csc(COc2ccc(C)c(C)c2)n1)C(=O)c1ccccc1F. The van der Waals surface area contributed by atoms with Crippen molar-refractivity contribution in [2.45, 2.75) is 53.3 Å². The second kappa shape index (κ2) is 9.85. The van der Waals surface area contributed by atoms with E-state index in [0.29, 0.717) is 13.2 Å². The molecule has 0 saturated heterocycles. The minimum Gasteiger partial charge on any atom is -0.486 e. The third kappa shape index (κ3) is 5.25. The van der Waals surface area contributed by atoms with Gasteiger partial charge in [-0.2, -0.15) is 0 Å². The molecule has 3 rings (SSSR count). The Morgan fingerprint density at radius 3 is 2.67 bits per heavy atom. The summed E-state index contributed by atoms with van der Waals surface area (Å²) in [7, 11) is 0. The minimum absolute atomic E-state index is 0.0333. The van der Waals surface area contributed by atoms with Gasteiger partial charge in [0, 0.05) is 11.4 Å². The van der Waals surface area contributed by atoms with Crippen molar-refractivity contribution in [1.29, 1.82) is 0 Å². The molecule has 6 heteroatoms. The van der Waals surface area contributed by atoms with Crippen LogP contribution < -0.4 is 4.74 Å². The van der Waals surface area contributed by atoms with Gasteiger partial charge >= 0.3 is 0 Å². The van der Waals surface area contributed by atoms with Gasteiger partial charge in [-0.05, 0) is 62.6 Å². The number of hydrogen-bond acceptors (Lipinski definition) is 4. The van der Waals surface area contributed by atoms with Crippen LogP contribution in [0.25, 0.3) is 0 Å². The van der Waals surface area contributed by atoms with Crippen molar-refractivity contribution >= 4 is 17.2 Å². The van der Waals surface area contributed by atoms with Gasteiger partial charge in [0.05, 0.1) is 17.8 Å². The highest BCUT2D eigenvalue weighted by molar-refractivity contribution is 7.09. The molecule has 0 aliphatic carbocycles. The number of thiazole rings is 1. The molecule has 1 amide bonds. The molecule has 0 unspecified atom stereocenters. The second-order valence-electron chi connectivity index (χ2n) is 7.44. The van der Waals surface area contributed by atoms with Gasteiger partial charge in [0.2, 0.25) is 0 Å². The van der Waals surface area contributed by atoms with Gasteiger partial charge in [-0.1, -0.05) is 25.1 Å². The summed E-state index contributed by atoms with van der Waals surface area (Å²) in [6.45, 7) is 8.81. The van der Waals surface area contributed by atoms with Gasteiger partial charge < -0.3 is 9.64 Å². The Hall–Kier alpha value is -2.73. The number of amides is 1. The van der Waals surface area contributed by atoms with Crippen LogP contribution in [-0.4, -0.2) is 21.8 Å². The number of ether oxygens (including phenoxy) is 1. The fourth-order valence-corrected chi connectivity index (χ4v) is 3.74. The average molecular weight is 427 g/mol. The molecule has 0 N–H and O–H groups in total. The first-order valence-corrected chi connectivity index (χ1v) is 11.0. The number of carbonyl (C=O) groups is 1. The van der Waals surface area contributed by atoms with Crippen LogP contribution in [0.5, 0.6) is 5.75 Å². The van der Waals surface area contributed by atoms with E-state index in [1.54, 1.807) is 17.0 Å². The number of benzene rings is 2. The van der Waals surface area contributed by atoms with Crippen molar-refractivity contribution in [3.63, 3.8) is 0 Å². The van der Waals surface area contributed by atoms with Crippen molar-refractivity contribution < 1.29 is 13.9 Å². The third-order valence-corrected chi connectivity index (χ3v) is 6.13. The number of rotatable bonds is 8. The molecule has 1 heterocycles. The Balaban J connectivity index is 1.70. The van der Waals surface area contributed by atoms with Gasteiger partial charge in [-0.15, -0.1) is 11.3 Å². The summed E-state index contributed by atoms with van der Waals surface area (Å²) in [5, 5.41) is 2.77. The van der Waals surface area contributed by atoms with Gasteiger partial charge in [0.1, 0.15) is 23.2 Å². The Kier molecular flexibility index (Phi) is 7.21. The van der Waals surface area contributed by atoms with E-state index in [2.05, 4.69) is 18.8 Å². The fourth-order valence-electron chi connectivity index (χ4n) is 3.05. The largest absolute Gasteiger partial charge is 0.486 e. The highest BCUT2D eigenvalue weighted by Crippen LogP contribution is 2.21. The van der Waals surface area contributed by atoms with Crippen LogP contribution >= 0.6 is 11.3 Å². The molecule has 0 aliphatic heterocycles. The van der Waals surface area contributed by atoms with Crippen LogP contribution in [0.15, 0.2) is 47.8 Å². The monoisotopic (exact) mass is 426 g/mol. The van der Waals surface area contributed by atoms with E-state index >= 15 is 0 Å². The maximum absolute atomic E-state index is 14.1. The van der Waals surface area contributed by atoms with Crippen molar-refractivity contribution in [3.05, 3.63) is 81.1 Å². The number of aromatic nitrogens is 1. The molecule has 30 heavy (non-hydrogen) atoms. The molecule has 0 saturated carbocycles. The molecule has 0 bridgehead atoms. The van der Waals surface area contributed by atoms with E-state index in [-0.39, 0.29) is 17.5 Å². The molecule has 1 atom stereocenters. The van der Waals surface area contributed by atoms with E-state index in [1.165, 1.54) is 34.6 Å². The lowest BCUT2D eigenvalue weighted by molar-refractivity contribution is 0.0664. The topological polar surface area (TPSA) is 42.4 Å². The first kappa shape index (κ1) is 22.0. The summed E-state index contributed by atoms with van der Waals surface area (Å²) in [4.78, 5) is 19.3. The van der Waals surface area contributed by atoms with Crippen LogP contribution in [0.1, 0.15) is 52.5 Å². The van der Waals surface area contributed by atoms with Crippen molar-refractivity contribution in [2.75, 3.05) is 0 Å². The minimum atomic E-state index is -0.503. The maximum Gasteiger partial charge on any atom is 0.257 e. The van der Waals surface area contributed by atoms with Crippen molar-refractivity contribution in [2.24, 2.45) is 0 Å². The van der Waals surface area contributed by atoms with Crippen molar-refractivity contribution in [1.82, 2.24) is 9.88 Å². The van der Waals surface area contributed by atoms with Gasteiger partial charge in [-0.25, -0.2) is 9.37 Å². The summed E-state index contributed by atoms with van der Waals surface area (Å²) in [5.41, 5.74) is 3.28. The standard InChI is InChI=1S/C24H27FN2O2S/c1-5-18(4)27(24(28)21-8-6-7-9-22(21)25)13-19-15-30-23(26-19)14-29-20-11-10-16(2)17(3)12-20/h6-12,15,18H,5,13-14H2,1-4H3/t18-/m1/s1. The highest BCUT2D eigenvalue weighted by atomic mass is 32.1. The summed E-state index contributed by atoms with van der Waals surface area (Å²) in [6.07, 6.45) is 0.771. The number of halogens is 1. The Bertz CT molecular complexity index is 1020. The summed E-state index contributed by atoms with van der Waals surface area (Å²) in [5.74, 6) is -0.00856. The van der Waals surface area contributed by atoms with Crippen LogP contribution in [0.4, 0.5) is 4.39 Å². The smallest absolute Gasteiger partial charge is 0.257 e. The number of hydrogen-bond donors (Lipinski definition) is 0. The molecule has 2 aromatic carbocycles. The van der Waals surface area contributed by atoms with Crippen LogP contribution in [0.2, 0.25) is 0 Å². The van der Waals surface area contributed by atoms with Crippen LogP contribution in [-0.2, 0) is 13.2 Å². The lowest BCUT2D eigenvalue weighted by Gasteiger charge is -2.28. The third-order valence-electron chi connectivity index (χ3n) is 5.26. The van der Waals surface area contributed by atoms with E-state index in [9.17, 15) is 9.18 Å². The van der Waals surface area contributed by atoms with E-state index in [1.807, 2.05) is 37.4 Å². The molecule has 158 valence electrons. The number of carbonyl (C=O) groups excluding carboxylic acids is 1. The molecular formula is C24H27FN2O2S. The molecule has 4 nitrogen and oxygen atoms in total. The Morgan fingerprint density at radius 2 is 1.97 bits per heavy atom. The van der Waals surface area contributed by atoms with Gasteiger partial charge in [-0.3, -0.25) is 4.79 Å². The van der Waals surface area contributed by atoms with Crippen molar-refractivity contribution in [3.8, 4) is 5.75 Å². The Labute approximate surface area is 181 Å². The second-order valence-corrected chi connectivity index (χ2v) is 8.38. The zero-order valence-corrected chi connectivity index (χ0v) is 18.6. The van der Waals surface area contributed by atoms with E-state index in [0.717, 1.165) is 22.9 Å².